The van der Waals surface area contributed by atoms with Gasteiger partial charge >= 0.3 is 5.97 Å². The van der Waals surface area contributed by atoms with Crippen LogP contribution in [0.2, 0.25) is 5.15 Å². The lowest BCUT2D eigenvalue weighted by molar-refractivity contribution is 0.0606. The Kier molecular flexibility index (Phi) is 4.24. The number of benzene rings is 1. The van der Waals surface area contributed by atoms with Crippen LogP contribution < -0.4 is 5.32 Å². The molecule has 5 nitrogen and oxygen atoms in total. The van der Waals surface area contributed by atoms with E-state index in [0.29, 0.717) is 11.7 Å². The zero-order chi connectivity index (χ0) is 13.8. The monoisotopic (exact) mass is 298 g/mol. The fourth-order valence-electron chi connectivity index (χ4n) is 1.39. The van der Waals surface area contributed by atoms with Gasteiger partial charge in [-0.25, -0.2) is 9.78 Å². The highest BCUT2D eigenvalue weighted by atomic mass is 35.5. The number of ether oxygens (including phenoxy) is 1. The van der Waals surface area contributed by atoms with E-state index in [1.807, 2.05) is 0 Å². The van der Waals surface area contributed by atoms with Crippen LogP contribution in [0.15, 0.2) is 24.3 Å². The molecule has 0 unspecified atom stereocenters. The fraction of sp³-hybridized carbons (Fsp3) is 0.167. The molecule has 19 heavy (non-hydrogen) atoms. The number of rotatable bonds is 4. The number of thiazole rings is 1. The number of nitrogens with zero attached hydrogens (tertiary/aromatic N) is 1. The highest BCUT2D eigenvalue weighted by Crippen LogP contribution is 2.27. The van der Waals surface area contributed by atoms with Gasteiger partial charge in [-0.15, -0.1) is 0 Å². The van der Waals surface area contributed by atoms with Crippen LogP contribution in [0.5, 0.6) is 5.75 Å². The highest BCUT2D eigenvalue weighted by Gasteiger charge is 2.16. The maximum Gasteiger partial charge on any atom is 0.351 e. The van der Waals surface area contributed by atoms with Crippen molar-refractivity contribution in [3.63, 3.8) is 0 Å². The summed E-state index contributed by atoms with van der Waals surface area (Å²) in [5.74, 6) is -0.283. The summed E-state index contributed by atoms with van der Waals surface area (Å²) < 4.78 is 4.60. The lowest BCUT2D eigenvalue weighted by Gasteiger charge is -2.02. The number of aromatic nitrogens is 1. The molecular weight excluding hydrogens is 288 g/mol. The predicted molar refractivity (Wildman–Crippen MR) is 73.9 cm³/mol. The van der Waals surface area contributed by atoms with Crippen LogP contribution in [0.1, 0.15) is 15.2 Å². The number of phenols is 1. The number of hydrogen-bond donors (Lipinski definition) is 2. The molecule has 0 saturated heterocycles. The summed E-state index contributed by atoms with van der Waals surface area (Å²) in [6.45, 7) is 0.519. The first kappa shape index (κ1) is 13.6. The van der Waals surface area contributed by atoms with Gasteiger partial charge in [0.25, 0.3) is 0 Å². The molecule has 0 aliphatic heterocycles. The largest absolute Gasteiger partial charge is 0.508 e. The van der Waals surface area contributed by atoms with Crippen molar-refractivity contribution >= 4 is 34.0 Å². The van der Waals surface area contributed by atoms with Crippen LogP contribution in [0.4, 0.5) is 5.13 Å². The topological polar surface area (TPSA) is 71.5 Å². The Morgan fingerprint density at radius 1 is 1.47 bits per heavy atom. The number of methoxy groups -OCH3 is 1. The van der Waals surface area contributed by atoms with E-state index in [-0.39, 0.29) is 15.8 Å². The number of carbonyl (C=O) groups is 1. The lowest BCUT2D eigenvalue weighted by atomic mass is 10.2. The molecule has 0 aliphatic carbocycles. The van der Waals surface area contributed by atoms with Gasteiger partial charge in [-0.2, -0.15) is 0 Å². The Morgan fingerprint density at radius 3 is 2.79 bits per heavy atom. The first-order valence-electron chi connectivity index (χ1n) is 5.36. The van der Waals surface area contributed by atoms with E-state index in [1.54, 1.807) is 24.3 Å². The normalized spacial score (nSPS) is 10.2. The van der Waals surface area contributed by atoms with Gasteiger partial charge in [0.2, 0.25) is 0 Å². The quantitative estimate of drug-likeness (QED) is 0.849. The average Bonchev–Trinajstić information content (AvgIpc) is 2.78. The third kappa shape index (κ3) is 3.36. The second-order valence-electron chi connectivity index (χ2n) is 3.65. The first-order chi connectivity index (χ1) is 9.10. The lowest BCUT2D eigenvalue weighted by Crippen LogP contribution is -1.98. The van der Waals surface area contributed by atoms with Gasteiger partial charge in [-0.05, 0) is 17.7 Å². The number of aromatic hydroxyl groups is 1. The molecule has 0 radical (unpaired) electrons. The summed E-state index contributed by atoms with van der Waals surface area (Å²) in [7, 11) is 1.29. The van der Waals surface area contributed by atoms with E-state index in [4.69, 9.17) is 11.6 Å². The molecule has 1 heterocycles. The Hall–Kier alpha value is -1.79. The van der Waals surface area contributed by atoms with Crippen molar-refractivity contribution in [2.24, 2.45) is 0 Å². The summed E-state index contributed by atoms with van der Waals surface area (Å²) in [5.41, 5.74) is 0.976. The van der Waals surface area contributed by atoms with Gasteiger partial charge < -0.3 is 15.2 Å². The van der Waals surface area contributed by atoms with Crippen molar-refractivity contribution in [3.05, 3.63) is 39.9 Å². The van der Waals surface area contributed by atoms with E-state index in [2.05, 4.69) is 15.0 Å². The highest BCUT2D eigenvalue weighted by molar-refractivity contribution is 7.18. The fourth-order valence-corrected chi connectivity index (χ4v) is 2.49. The smallest absolute Gasteiger partial charge is 0.351 e. The minimum Gasteiger partial charge on any atom is -0.508 e. The molecule has 2 aromatic rings. The molecule has 0 fully saturated rings. The molecule has 2 rings (SSSR count). The third-order valence-corrected chi connectivity index (χ3v) is 3.72. The van der Waals surface area contributed by atoms with E-state index >= 15 is 0 Å². The Labute approximate surface area is 118 Å². The van der Waals surface area contributed by atoms with Gasteiger partial charge in [-0.3, -0.25) is 0 Å². The number of halogens is 1. The van der Waals surface area contributed by atoms with Gasteiger partial charge in [0.05, 0.1) is 7.11 Å². The predicted octanol–water partition coefficient (Wildman–Crippen LogP) is 2.90. The number of nitrogens with one attached hydrogen (secondary N) is 1. The summed E-state index contributed by atoms with van der Waals surface area (Å²) in [6, 6.07) is 6.79. The van der Waals surface area contributed by atoms with E-state index < -0.39 is 5.97 Å². The summed E-state index contributed by atoms with van der Waals surface area (Å²) >= 11 is 6.98. The molecular formula is C12H11ClN2O3S. The summed E-state index contributed by atoms with van der Waals surface area (Å²) in [6.07, 6.45) is 0. The van der Waals surface area contributed by atoms with Crippen LogP contribution in [0.3, 0.4) is 0 Å². The zero-order valence-electron chi connectivity index (χ0n) is 10.0. The number of hydrogen-bond acceptors (Lipinski definition) is 6. The van der Waals surface area contributed by atoms with Crippen LogP contribution >= 0.6 is 22.9 Å². The molecule has 0 saturated carbocycles. The molecule has 1 aromatic heterocycles. The molecule has 0 amide bonds. The maximum absolute atomic E-state index is 11.4. The summed E-state index contributed by atoms with van der Waals surface area (Å²) in [4.78, 5) is 15.7. The Balaban J connectivity index is 2.04. The average molecular weight is 299 g/mol. The molecule has 0 bridgehead atoms. The van der Waals surface area contributed by atoms with Crippen LogP contribution in [-0.4, -0.2) is 23.2 Å². The first-order valence-corrected chi connectivity index (χ1v) is 6.56. The molecule has 7 heteroatoms. The van der Waals surface area contributed by atoms with Crippen molar-refractivity contribution in [3.8, 4) is 5.75 Å². The number of phenolic OH excluding ortho intramolecular Hbond substituents is 1. The van der Waals surface area contributed by atoms with Crippen LogP contribution in [0, 0.1) is 0 Å². The second-order valence-corrected chi connectivity index (χ2v) is 5.01. The number of carbonyl (C=O) groups excluding carboxylic acids is 1. The third-order valence-electron chi connectivity index (χ3n) is 2.34. The molecule has 100 valence electrons. The molecule has 0 atom stereocenters. The second kappa shape index (κ2) is 5.90. The van der Waals surface area contributed by atoms with E-state index in [9.17, 15) is 9.90 Å². The van der Waals surface area contributed by atoms with Crippen LogP contribution in [-0.2, 0) is 11.3 Å². The molecule has 1 aromatic carbocycles. The van der Waals surface area contributed by atoms with E-state index in [1.165, 1.54) is 7.11 Å². The van der Waals surface area contributed by atoms with Gasteiger partial charge in [0.1, 0.15) is 5.75 Å². The van der Waals surface area contributed by atoms with E-state index in [0.717, 1.165) is 16.9 Å². The maximum atomic E-state index is 11.4. The van der Waals surface area contributed by atoms with Crippen molar-refractivity contribution in [1.82, 2.24) is 4.98 Å². The van der Waals surface area contributed by atoms with Crippen molar-refractivity contribution in [2.75, 3.05) is 12.4 Å². The molecule has 0 aliphatic rings. The Morgan fingerprint density at radius 2 is 2.16 bits per heavy atom. The van der Waals surface area contributed by atoms with Crippen molar-refractivity contribution in [1.29, 1.82) is 0 Å². The van der Waals surface area contributed by atoms with Crippen molar-refractivity contribution < 1.29 is 14.6 Å². The zero-order valence-corrected chi connectivity index (χ0v) is 11.6. The van der Waals surface area contributed by atoms with Gasteiger partial charge in [-0.1, -0.05) is 35.1 Å². The summed E-state index contributed by atoms with van der Waals surface area (Å²) in [5, 5.41) is 12.9. The minimum atomic E-state index is -0.500. The standard InChI is InChI=1S/C12H11ClN2O3S/c1-18-11(17)9-10(13)15-12(19-9)14-6-7-2-4-8(16)5-3-7/h2-5,16H,6H2,1H3,(H,14,15). The molecule has 2 N–H and O–H groups in total. The SMILES string of the molecule is COC(=O)c1sc(NCc2ccc(O)cc2)nc1Cl. The van der Waals surface area contributed by atoms with Crippen LogP contribution in [0.25, 0.3) is 0 Å². The Bertz CT molecular complexity index is 583. The minimum absolute atomic E-state index is 0.130. The van der Waals surface area contributed by atoms with Crippen molar-refractivity contribution in [2.45, 2.75) is 6.54 Å². The van der Waals surface area contributed by atoms with Gasteiger partial charge in [0.15, 0.2) is 15.2 Å². The van der Waals surface area contributed by atoms with Gasteiger partial charge in [0, 0.05) is 6.54 Å². The molecule has 0 spiro atoms. The number of anilines is 1. The number of esters is 1.